The molecule has 1 fully saturated rings. The van der Waals surface area contributed by atoms with Gasteiger partial charge in [-0.2, -0.15) is 0 Å². The Morgan fingerprint density at radius 3 is 2.71 bits per heavy atom. The maximum atomic E-state index is 4.72. The van der Waals surface area contributed by atoms with E-state index >= 15 is 0 Å². The Kier molecular flexibility index (Phi) is 5.62. The highest BCUT2D eigenvalue weighted by molar-refractivity contribution is 5.92. The SMILES string of the molecule is Cc1cc(N2CCC(c3nccn3CCCN(C)C)CC2)c2ccccc2n1. The van der Waals surface area contributed by atoms with Crippen molar-refractivity contribution in [3.05, 3.63) is 54.2 Å². The number of anilines is 1. The molecule has 3 heterocycles. The summed E-state index contributed by atoms with van der Waals surface area (Å²) in [7, 11) is 4.27. The Morgan fingerprint density at radius 2 is 1.93 bits per heavy atom. The van der Waals surface area contributed by atoms with Crippen molar-refractivity contribution >= 4 is 16.6 Å². The number of rotatable bonds is 6. The Bertz CT molecular complexity index is 922. The molecule has 0 radical (unpaired) electrons. The summed E-state index contributed by atoms with van der Waals surface area (Å²) in [5, 5.41) is 1.26. The molecule has 2 aromatic heterocycles. The van der Waals surface area contributed by atoms with Crippen molar-refractivity contribution in [2.75, 3.05) is 38.6 Å². The van der Waals surface area contributed by atoms with Gasteiger partial charge in [0.05, 0.1) is 5.52 Å². The van der Waals surface area contributed by atoms with Crippen LogP contribution in [0.1, 0.15) is 36.7 Å². The third kappa shape index (κ3) is 4.04. The topological polar surface area (TPSA) is 37.2 Å². The van der Waals surface area contributed by atoms with Crippen molar-refractivity contribution in [3.63, 3.8) is 0 Å². The molecular weight excluding hydrogens is 346 g/mol. The summed E-state index contributed by atoms with van der Waals surface area (Å²) in [6.45, 7) is 6.41. The molecule has 0 aliphatic carbocycles. The van der Waals surface area contributed by atoms with E-state index in [-0.39, 0.29) is 0 Å². The van der Waals surface area contributed by atoms with E-state index in [2.05, 4.69) is 71.9 Å². The van der Waals surface area contributed by atoms with Gasteiger partial charge in [-0.3, -0.25) is 4.98 Å². The Labute approximate surface area is 168 Å². The number of benzene rings is 1. The average molecular weight is 378 g/mol. The molecule has 1 aromatic carbocycles. The lowest BCUT2D eigenvalue weighted by molar-refractivity contribution is 0.380. The third-order valence-corrected chi connectivity index (χ3v) is 5.78. The van der Waals surface area contributed by atoms with Crippen LogP contribution in [0.15, 0.2) is 42.7 Å². The second-order valence-corrected chi connectivity index (χ2v) is 8.20. The number of hydrogen-bond donors (Lipinski definition) is 0. The molecule has 0 N–H and O–H groups in total. The van der Waals surface area contributed by atoms with Gasteiger partial charge >= 0.3 is 0 Å². The number of fused-ring (bicyclic) bond motifs is 1. The largest absolute Gasteiger partial charge is 0.371 e. The molecule has 3 aromatic rings. The predicted octanol–water partition coefficient (Wildman–Crippen LogP) is 4.08. The Morgan fingerprint density at radius 1 is 1.14 bits per heavy atom. The molecule has 0 bridgehead atoms. The van der Waals surface area contributed by atoms with Crippen LogP contribution in [-0.4, -0.2) is 53.2 Å². The Hall–Kier alpha value is -2.40. The van der Waals surface area contributed by atoms with Gasteiger partial charge in [-0.05, 0) is 59.0 Å². The zero-order valence-corrected chi connectivity index (χ0v) is 17.3. The van der Waals surface area contributed by atoms with E-state index in [9.17, 15) is 0 Å². The lowest BCUT2D eigenvalue weighted by atomic mass is 9.95. The minimum Gasteiger partial charge on any atom is -0.371 e. The quantitative estimate of drug-likeness (QED) is 0.649. The molecule has 0 atom stereocenters. The highest BCUT2D eigenvalue weighted by Crippen LogP contribution is 2.33. The van der Waals surface area contributed by atoms with Crippen molar-refractivity contribution in [1.29, 1.82) is 0 Å². The molecule has 1 aliphatic rings. The normalized spacial score (nSPS) is 15.6. The van der Waals surface area contributed by atoms with Crippen LogP contribution < -0.4 is 4.90 Å². The van der Waals surface area contributed by atoms with E-state index in [0.717, 1.165) is 56.7 Å². The number of pyridine rings is 1. The van der Waals surface area contributed by atoms with Crippen LogP contribution in [0.2, 0.25) is 0 Å². The van der Waals surface area contributed by atoms with Gasteiger partial charge in [0, 0.05) is 54.7 Å². The van der Waals surface area contributed by atoms with E-state index in [1.54, 1.807) is 0 Å². The second kappa shape index (κ2) is 8.31. The van der Waals surface area contributed by atoms with E-state index in [1.165, 1.54) is 16.9 Å². The smallest absolute Gasteiger partial charge is 0.111 e. The summed E-state index contributed by atoms with van der Waals surface area (Å²) >= 11 is 0. The first kappa shape index (κ1) is 18.9. The van der Waals surface area contributed by atoms with Gasteiger partial charge in [0.15, 0.2) is 0 Å². The molecule has 0 saturated carbocycles. The van der Waals surface area contributed by atoms with Gasteiger partial charge in [-0.1, -0.05) is 18.2 Å². The van der Waals surface area contributed by atoms with Crippen molar-refractivity contribution in [2.45, 2.75) is 38.6 Å². The number of nitrogens with zero attached hydrogens (tertiary/aromatic N) is 5. The van der Waals surface area contributed by atoms with Gasteiger partial charge in [0.25, 0.3) is 0 Å². The fourth-order valence-electron chi connectivity index (χ4n) is 4.35. The molecule has 0 spiro atoms. The van der Waals surface area contributed by atoms with Gasteiger partial charge < -0.3 is 14.4 Å². The molecule has 0 amide bonds. The standard InChI is InChI=1S/C23H31N5/c1-18-17-22(20-7-4-5-8-21(20)25-18)27-14-9-19(10-15-27)23-24-11-16-28(23)13-6-12-26(2)3/h4-5,7-8,11,16-17,19H,6,9-10,12-15H2,1-3H3. The van der Waals surface area contributed by atoms with E-state index in [1.807, 2.05) is 6.20 Å². The van der Waals surface area contributed by atoms with Crippen LogP contribution >= 0.6 is 0 Å². The Balaban J connectivity index is 1.46. The van der Waals surface area contributed by atoms with Gasteiger partial charge in [0.2, 0.25) is 0 Å². The number of imidazole rings is 1. The number of aryl methyl sites for hydroxylation is 2. The summed E-state index contributed by atoms with van der Waals surface area (Å²) in [6, 6.07) is 10.7. The van der Waals surface area contributed by atoms with Crippen LogP contribution in [0, 0.1) is 6.92 Å². The molecule has 28 heavy (non-hydrogen) atoms. The zero-order chi connectivity index (χ0) is 19.5. The van der Waals surface area contributed by atoms with Crippen molar-refractivity contribution in [2.24, 2.45) is 0 Å². The fraction of sp³-hybridized carbons (Fsp3) is 0.478. The summed E-state index contributed by atoms with van der Waals surface area (Å²) in [5.74, 6) is 1.83. The molecule has 5 heteroatoms. The maximum Gasteiger partial charge on any atom is 0.111 e. The summed E-state index contributed by atoms with van der Waals surface area (Å²) in [4.78, 5) is 14.2. The molecular formula is C23H31N5. The highest BCUT2D eigenvalue weighted by atomic mass is 15.1. The predicted molar refractivity (Wildman–Crippen MR) is 116 cm³/mol. The first-order chi connectivity index (χ1) is 13.6. The number of para-hydroxylation sites is 1. The minimum atomic E-state index is 0.555. The van der Waals surface area contributed by atoms with Crippen molar-refractivity contribution < 1.29 is 0 Å². The maximum absolute atomic E-state index is 4.72. The van der Waals surface area contributed by atoms with Crippen LogP contribution in [0.4, 0.5) is 5.69 Å². The van der Waals surface area contributed by atoms with Crippen molar-refractivity contribution in [3.8, 4) is 0 Å². The van der Waals surface area contributed by atoms with Gasteiger partial charge in [-0.15, -0.1) is 0 Å². The number of piperidine rings is 1. The van der Waals surface area contributed by atoms with Gasteiger partial charge in [-0.25, -0.2) is 4.98 Å². The lowest BCUT2D eigenvalue weighted by Crippen LogP contribution is -2.34. The van der Waals surface area contributed by atoms with Crippen LogP contribution in [0.3, 0.4) is 0 Å². The summed E-state index contributed by atoms with van der Waals surface area (Å²) in [6.07, 6.45) is 7.59. The first-order valence-corrected chi connectivity index (χ1v) is 10.4. The van der Waals surface area contributed by atoms with E-state index in [4.69, 9.17) is 9.97 Å². The number of hydrogen-bond acceptors (Lipinski definition) is 4. The molecule has 1 saturated heterocycles. The monoisotopic (exact) mass is 377 g/mol. The number of aromatic nitrogens is 3. The molecule has 5 nitrogen and oxygen atoms in total. The van der Waals surface area contributed by atoms with E-state index < -0.39 is 0 Å². The molecule has 0 unspecified atom stereocenters. The zero-order valence-electron chi connectivity index (χ0n) is 17.3. The molecule has 4 rings (SSSR count). The second-order valence-electron chi connectivity index (χ2n) is 8.20. The van der Waals surface area contributed by atoms with Crippen LogP contribution in [-0.2, 0) is 6.54 Å². The summed E-state index contributed by atoms with van der Waals surface area (Å²) in [5.41, 5.74) is 3.51. The van der Waals surface area contributed by atoms with Crippen LogP contribution in [0.5, 0.6) is 0 Å². The minimum absolute atomic E-state index is 0.555. The van der Waals surface area contributed by atoms with Gasteiger partial charge in [0.1, 0.15) is 5.82 Å². The van der Waals surface area contributed by atoms with Crippen molar-refractivity contribution in [1.82, 2.24) is 19.4 Å². The average Bonchev–Trinajstić information content (AvgIpc) is 3.15. The first-order valence-electron chi connectivity index (χ1n) is 10.4. The molecule has 148 valence electrons. The molecule has 1 aliphatic heterocycles. The van der Waals surface area contributed by atoms with Crippen LogP contribution in [0.25, 0.3) is 10.9 Å². The fourth-order valence-corrected chi connectivity index (χ4v) is 4.35. The third-order valence-electron chi connectivity index (χ3n) is 5.78. The lowest BCUT2D eigenvalue weighted by Gasteiger charge is -2.34. The highest BCUT2D eigenvalue weighted by Gasteiger charge is 2.25. The van der Waals surface area contributed by atoms with E-state index in [0.29, 0.717) is 5.92 Å². The summed E-state index contributed by atoms with van der Waals surface area (Å²) < 4.78 is 2.37.